The van der Waals surface area contributed by atoms with Gasteiger partial charge in [0.15, 0.2) is 0 Å². The standard InChI is InChI=1S/C12H16ClNO2S/c1-3-8(7-15)14-12(16)10-6-9(17-2)4-5-11(10)13/h4-6,8,15H,3,7H2,1-2H3,(H,14,16). The van der Waals surface area contributed by atoms with Crippen molar-refractivity contribution in [3.63, 3.8) is 0 Å². The molecule has 0 saturated carbocycles. The lowest BCUT2D eigenvalue weighted by molar-refractivity contribution is 0.0915. The first-order valence-corrected chi connectivity index (χ1v) is 6.97. The second kappa shape index (κ2) is 6.89. The fourth-order valence-corrected chi connectivity index (χ4v) is 1.99. The highest BCUT2D eigenvalue weighted by atomic mass is 35.5. The number of aliphatic hydroxyl groups is 1. The van der Waals surface area contributed by atoms with E-state index in [-0.39, 0.29) is 18.6 Å². The smallest absolute Gasteiger partial charge is 0.253 e. The van der Waals surface area contributed by atoms with E-state index < -0.39 is 0 Å². The number of aliphatic hydroxyl groups excluding tert-OH is 1. The highest BCUT2D eigenvalue weighted by molar-refractivity contribution is 7.98. The van der Waals surface area contributed by atoms with Crippen LogP contribution in [0.15, 0.2) is 23.1 Å². The number of carbonyl (C=O) groups excluding carboxylic acids is 1. The number of rotatable bonds is 5. The lowest BCUT2D eigenvalue weighted by Gasteiger charge is -2.14. The van der Waals surface area contributed by atoms with Gasteiger partial charge in [0.05, 0.1) is 23.2 Å². The van der Waals surface area contributed by atoms with Crippen LogP contribution in [0, 0.1) is 0 Å². The predicted molar refractivity (Wildman–Crippen MR) is 71.9 cm³/mol. The molecule has 0 aliphatic heterocycles. The van der Waals surface area contributed by atoms with E-state index >= 15 is 0 Å². The van der Waals surface area contributed by atoms with Gasteiger partial charge < -0.3 is 10.4 Å². The van der Waals surface area contributed by atoms with E-state index in [9.17, 15) is 4.79 Å². The zero-order valence-electron chi connectivity index (χ0n) is 9.87. The average Bonchev–Trinajstić information content (AvgIpc) is 2.36. The third kappa shape index (κ3) is 3.91. The summed E-state index contributed by atoms with van der Waals surface area (Å²) >= 11 is 7.54. The number of hydrogen-bond donors (Lipinski definition) is 2. The van der Waals surface area contributed by atoms with Crippen LogP contribution in [-0.2, 0) is 0 Å². The number of benzene rings is 1. The number of halogens is 1. The number of carbonyl (C=O) groups is 1. The average molecular weight is 274 g/mol. The Balaban J connectivity index is 2.87. The number of nitrogens with one attached hydrogen (secondary N) is 1. The van der Waals surface area contributed by atoms with E-state index in [1.54, 1.807) is 23.9 Å². The molecule has 0 heterocycles. The summed E-state index contributed by atoms with van der Waals surface area (Å²) in [7, 11) is 0. The van der Waals surface area contributed by atoms with Crippen LogP contribution in [0.1, 0.15) is 23.7 Å². The third-order valence-electron chi connectivity index (χ3n) is 2.47. The topological polar surface area (TPSA) is 49.3 Å². The quantitative estimate of drug-likeness (QED) is 0.811. The van der Waals surface area contributed by atoms with Crippen molar-refractivity contribution in [1.29, 1.82) is 0 Å². The van der Waals surface area contributed by atoms with E-state index in [0.717, 1.165) is 4.90 Å². The molecule has 1 aromatic rings. The monoisotopic (exact) mass is 273 g/mol. The summed E-state index contributed by atoms with van der Waals surface area (Å²) < 4.78 is 0. The molecule has 0 fully saturated rings. The Morgan fingerprint density at radius 1 is 1.59 bits per heavy atom. The Morgan fingerprint density at radius 2 is 2.29 bits per heavy atom. The highest BCUT2D eigenvalue weighted by Gasteiger charge is 2.14. The van der Waals surface area contributed by atoms with Crippen molar-refractivity contribution < 1.29 is 9.90 Å². The van der Waals surface area contributed by atoms with E-state index in [2.05, 4.69) is 5.32 Å². The van der Waals surface area contributed by atoms with Gasteiger partial charge in [-0.05, 0) is 30.9 Å². The van der Waals surface area contributed by atoms with Crippen LogP contribution < -0.4 is 5.32 Å². The summed E-state index contributed by atoms with van der Waals surface area (Å²) in [6.45, 7) is 1.84. The first-order chi connectivity index (χ1) is 8.12. The third-order valence-corrected chi connectivity index (χ3v) is 3.52. The summed E-state index contributed by atoms with van der Waals surface area (Å²) in [6, 6.07) is 5.11. The van der Waals surface area contributed by atoms with Crippen molar-refractivity contribution in [2.75, 3.05) is 12.9 Å². The van der Waals surface area contributed by atoms with Crippen molar-refractivity contribution in [3.05, 3.63) is 28.8 Å². The minimum Gasteiger partial charge on any atom is -0.394 e. The molecule has 0 spiro atoms. The summed E-state index contributed by atoms with van der Waals surface area (Å²) in [5, 5.41) is 12.2. The SMILES string of the molecule is CCC(CO)NC(=O)c1cc(SC)ccc1Cl. The van der Waals surface area contributed by atoms with Crippen molar-refractivity contribution in [2.45, 2.75) is 24.3 Å². The summed E-state index contributed by atoms with van der Waals surface area (Å²) in [5.74, 6) is -0.244. The van der Waals surface area contributed by atoms with Crippen LogP contribution >= 0.6 is 23.4 Å². The Morgan fingerprint density at radius 3 is 2.82 bits per heavy atom. The number of thioether (sulfide) groups is 1. The molecule has 5 heteroatoms. The predicted octanol–water partition coefficient (Wildman–Crippen LogP) is 2.56. The molecule has 0 bridgehead atoms. The molecule has 0 saturated heterocycles. The molecule has 1 rings (SSSR count). The molecule has 1 amide bonds. The minimum atomic E-state index is -0.244. The summed E-state index contributed by atoms with van der Waals surface area (Å²) in [4.78, 5) is 12.9. The maximum atomic E-state index is 11.9. The Labute approximate surface area is 111 Å². The molecular weight excluding hydrogens is 258 g/mol. The lowest BCUT2D eigenvalue weighted by atomic mass is 10.1. The van der Waals surface area contributed by atoms with Crippen LogP contribution in [0.5, 0.6) is 0 Å². The molecule has 0 aliphatic rings. The number of hydrogen-bond acceptors (Lipinski definition) is 3. The van der Waals surface area contributed by atoms with E-state index in [4.69, 9.17) is 16.7 Å². The molecule has 17 heavy (non-hydrogen) atoms. The second-order valence-corrected chi connectivity index (χ2v) is 4.89. The first kappa shape index (κ1) is 14.4. The van der Waals surface area contributed by atoms with Gasteiger partial charge in [0.25, 0.3) is 5.91 Å². The van der Waals surface area contributed by atoms with Crippen molar-refractivity contribution in [3.8, 4) is 0 Å². The maximum Gasteiger partial charge on any atom is 0.253 e. The summed E-state index contributed by atoms with van der Waals surface area (Å²) in [6.07, 6.45) is 2.62. The van der Waals surface area contributed by atoms with Gasteiger partial charge in [0, 0.05) is 4.90 Å². The number of amides is 1. The zero-order chi connectivity index (χ0) is 12.8. The molecule has 0 aromatic heterocycles. The minimum absolute atomic E-state index is 0.0674. The Bertz CT molecular complexity index is 394. The molecule has 1 atom stereocenters. The summed E-state index contributed by atoms with van der Waals surface area (Å²) in [5.41, 5.74) is 0.449. The molecule has 94 valence electrons. The first-order valence-electron chi connectivity index (χ1n) is 5.37. The Hall–Kier alpha value is -0.710. The van der Waals surface area contributed by atoms with Crippen LogP contribution in [0.2, 0.25) is 5.02 Å². The molecule has 3 nitrogen and oxygen atoms in total. The second-order valence-electron chi connectivity index (χ2n) is 3.61. The van der Waals surface area contributed by atoms with Gasteiger partial charge in [0.1, 0.15) is 0 Å². The van der Waals surface area contributed by atoms with Gasteiger partial charge >= 0.3 is 0 Å². The van der Waals surface area contributed by atoms with Gasteiger partial charge in [-0.3, -0.25) is 4.79 Å². The van der Waals surface area contributed by atoms with Gasteiger partial charge in [-0.1, -0.05) is 18.5 Å². The fourth-order valence-electron chi connectivity index (χ4n) is 1.35. The van der Waals surface area contributed by atoms with Crippen LogP contribution in [0.4, 0.5) is 0 Å². The van der Waals surface area contributed by atoms with Crippen LogP contribution in [0.3, 0.4) is 0 Å². The van der Waals surface area contributed by atoms with Gasteiger partial charge in [0.2, 0.25) is 0 Å². The van der Waals surface area contributed by atoms with E-state index in [1.807, 2.05) is 19.2 Å². The lowest BCUT2D eigenvalue weighted by Crippen LogP contribution is -2.37. The van der Waals surface area contributed by atoms with Gasteiger partial charge in [-0.25, -0.2) is 0 Å². The molecule has 2 N–H and O–H groups in total. The molecular formula is C12H16ClNO2S. The maximum absolute atomic E-state index is 11.9. The van der Waals surface area contributed by atoms with Crippen LogP contribution in [0.25, 0.3) is 0 Å². The normalized spacial score (nSPS) is 12.2. The molecule has 1 aromatic carbocycles. The molecule has 0 radical (unpaired) electrons. The van der Waals surface area contributed by atoms with Crippen molar-refractivity contribution in [1.82, 2.24) is 5.32 Å². The highest BCUT2D eigenvalue weighted by Crippen LogP contribution is 2.23. The van der Waals surface area contributed by atoms with E-state index in [1.165, 1.54) is 0 Å². The van der Waals surface area contributed by atoms with E-state index in [0.29, 0.717) is 17.0 Å². The molecule has 1 unspecified atom stereocenters. The van der Waals surface area contributed by atoms with Crippen LogP contribution in [-0.4, -0.2) is 29.9 Å². The van der Waals surface area contributed by atoms with Gasteiger partial charge in [-0.2, -0.15) is 0 Å². The van der Waals surface area contributed by atoms with Crippen molar-refractivity contribution in [2.24, 2.45) is 0 Å². The zero-order valence-corrected chi connectivity index (χ0v) is 11.4. The van der Waals surface area contributed by atoms with Gasteiger partial charge in [-0.15, -0.1) is 11.8 Å². The fraction of sp³-hybridized carbons (Fsp3) is 0.417. The molecule has 0 aliphatic carbocycles. The largest absolute Gasteiger partial charge is 0.394 e. The Kier molecular flexibility index (Phi) is 5.82. The van der Waals surface area contributed by atoms with Crippen molar-refractivity contribution >= 4 is 29.3 Å².